The standard InChI is InChI=1S/C15H13F2N3O2/c16-14(17)13-12(7-19-20-13)8-1-2-10-11(5-8)9(3-4-21)6-18-15(10)22/h1-2,5-7,14,21H,3-4H2,(H,18,22)(H,19,20). The van der Waals surface area contributed by atoms with E-state index in [1.165, 1.54) is 12.4 Å². The average Bonchev–Trinajstić information content (AvgIpc) is 3.00. The van der Waals surface area contributed by atoms with Crippen LogP contribution in [0.1, 0.15) is 17.7 Å². The molecule has 0 fully saturated rings. The molecule has 5 nitrogen and oxygen atoms in total. The first-order valence-electron chi connectivity index (χ1n) is 6.68. The number of hydrogen-bond acceptors (Lipinski definition) is 3. The molecule has 7 heteroatoms. The Morgan fingerprint density at radius 2 is 2.09 bits per heavy atom. The van der Waals surface area contributed by atoms with Crippen molar-refractivity contribution in [3.8, 4) is 11.1 Å². The summed E-state index contributed by atoms with van der Waals surface area (Å²) in [6.07, 6.45) is 0.573. The van der Waals surface area contributed by atoms with Gasteiger partial charge in [-0.15, -0.1) is 0 Å². The highest BCUT2D eigenvalue weighted by atomic mass is 19.3. The fourth-order valence-electron chi connectivity index (χ4n) is 2.50. The summed E-state index contributed by atoms with van der Waals surface area (Å²) in [5, 5.41) is 16.2. The van der Waals surface area contributed by atoms with E-state index in [1.807, 2.05) is 0 Å². The number of nitrogens with zero attached hydrogens (tertiary/aromatic N) is 1. The van der Waals surface area contributed by atoms with Gasteiger partial charge in [-0.05, 0) is 35.1 Å². The Hall–Kier alpha value is -2.54. The van der Waals surface area contributed by atoms with Crippen LogP contribution in [0, 0.1) is 0 Å². The van der Waals surface area contributed by atoms with Crippen molar-refractivity contribution in [2.24, 2.45) is 0 Å². The van der Waals surface area contributed by atoms with E-state index < -0.39 is 6.43 Å². The highest BCUT2D eigenvalue weighted by molar-refractivity contribution is 5.89. The van der Waals surface area contributed by atoms with E-state index >= 15 is 0 Å². The lowest BCUT2D eigenvalue weighted by atomic mass is 9.99. The second kappa shape index (κ2) is 5.69. The van der Waals surface area contributed by atoms with Crippen molar-refractivity contribution in [3.05, 3.63) is 52.2 Å². The van der Waals surface area contributed by atoms with Crippen LogP contribution in [0.2, 0.25) is 0 Å². The monoisotopic (exact) mass is 305 g/mol. The predicted molar refractivity (Wildman–Crippen MR) is 77.9 cm³/mol. The molecule has 2 aromatic heterocycles. The highest BCUT2D eigenvalue weighted by Crippen LogP contribution is 2.31. The molecule has 22 heavy (non-hydrogen) atoms. The third kappa shape index (κ3) is 2.39. The molecule has 0 amide bonds. The number of fused-ring (bicyclic) bond motifs is 1. The number of halogens is 2. The highest BCUT2D eigenvalue weighted by Gasteiger charge is 2.17. The van der Waals surface area contributed by atoms with Gasteiger partial charge in [-0.1, -0.05) is 6.07 Å². The molecule has 1 aromatic carbocycles. The molecular formula is C15H13F2N3O2. The Balaban J connectivity index is 2.22. The van der Waals surface area contributed by atoms with Gasteiger partial charge in [0.15, 0.2) is 0 Å². The Labute approximate surface area is 123 Å². The van der Waals surface area contributed by atoms with Crippen molar-refractivity contribution < 1.29 is 13.9 Å². The van der Waals surface area contributed by atoms with Crippen molar-refractivity contribution in [1.82, 2.24) is 15.2 Å². The number of aromatic nitrogens is 3. The zero-order valence-electron chi connectivity index (χ0n) is 11.4. The fraction of sp³-hybridized carbons (Fsp3) is 0.200. The number of rotatable bonds is 4. The summed E-state index contributed by atoms with van der Waals surface area (Å²) in [4.78, 5) is 14.5. The minimum absolute atomic E-state index is 0.0701. The summed E-state index contributed by atoms with van der Waals surface area (Å²) in [5.41, 5.74) is 1.08. The number of aromatic amines is 2. The van der Waals surface area contributed by atoms with Gasteiger partial charge in [0.2, 0.25) is 0 Å². The number of H-pyrrole nitrogens is 2. The summed E-state index contributed by atoms with van der Waals surface area (Å²) >= 11 is 0. The lowest BCUT2D eigenvalue weighted by molar-refractivity contribution is 0.146. The number of aliphatic hydroxyl groups excluding tert-OH is 1. The normalized spacial score (nSPS) is 11.5. The number of benzene rings is 1. The molecule has 0 radical (unpaired) electrons. The first-order chi connectivity index (χ1) is 10.6. The van der Waals surface area contributed by atoms with Crippen LogP contribution in [0.5, 0.6) is 0 Å². The molecule has 114 valence electrons. The maximum atomic E-state index is 13.0. The number of alkyl halides is 2. The molecule has 3 aromatic rings. The molecule has 3 rings (SSSR count). The zero-order valence-corrected chi connectivity index (χ0v) is 11.4. The molecule has 0 saturated carbocycles. The van der Waals surface area contributed by atoms with E-state index in [1.54, 1.807) is 18.2 Å². The molecule has 0 saturated heterocycles. The second-order valence-corrected chi connectivity index (χ2v) is 4.88. The predicted octanol–water partition coefficient (Wildman–Crippen LogP) is 2.39. The van der Waals surface area contributed by atoms with Crippen LogP contribution >= 0.6 is 0 Å². The van der Waals surface area contributed by atoms with Gasteiger partial charge in [-0.3, -0.25) is 9.89 Å². The summed E-state index contributed by atoms with van der Waals surface area (Å²) in [6, 6.07) is 4.87. The van der Waals surface area contributed by atoms with E-state index in [4.69, 9.17) is 5.11 Å². The van der Waals surface area contributed by atoms with Crippen LogP contribution in [0.4, 0.5) is 8.78 Å². The number of aliphatic hydroxyl groups is 1. The topological polar surface area (TPSA) is 81.8 Å². The first-order valence-corrected chi connectivity index (χ1v) is 6.68. The van der Waals surface area contributed by atoms with Gasteiger partial charge < -0.3 is 10.1 Å². The van der Waals surface area contributed by atoms with Crippen molar-refractivity contribution in [2.75, 3.05) is 6.61 Å². The average molecular weight is 305 g/mol. The maximum Gasteiger partial charge on any atom is 0.280 e. The lowest BCUT2D eigenvalue weighted by Gasteiger charge is -2.08. The molecule has 0 unspecified atom stereocenters. The molecule has 2 heterocycles. The van der Waals surface area contributed by atoms with Gasteiger partial charge in [0, 0.05) is 23.8 Å². The first kappa shape index (κ1) is 14.4. The van der Waals surface area contributed by atoms with Crippen LogP contribution in [0.15, 0.2) is 35.4 Å². The van der Waals surface area contributed by atoms with E-state index in [0.717, 1.165) is 5.56 Å². The van der Waals surface area contributed by atoms with Crippen LogP contribution in [-0.2, 0) is 6.42 Å². The quantitative estimate of drug-likeness (QED) is 0.692. The molecular weight excluding hydrogens is 292 g/mol. The van der Waals surface area contributed by atoms with Gasteiger partial charge in [-0.25, -0.2) is 8.78 Å². The molecule has 0 aliphatic rings. The lowest BCUT2D eigenvalue weighted by Crippen LogP contribution is -2.08. The number of hydrogen-bond donors (Lipinski definition) is 3. The fourth-order valence-corrected chi connectivity index (χ4v) is 2.50. The van der Waals surface area contributed by atoms with Crippen molar-refractivity contribution in [3.63, 3.8) is 0 Å². The molecule has 0 bridgehead atoms. The minimum atomic E-state index is -2.66. The van der Waals surface area contributed by atoms with Crippen molar-refractivity contribution in [1.29, 1.82) is 0 Å². The Morgan fingerprint density at radius 3 is 2.82 bits per heavy atom. The molecule has 0 aliphatic heterocycles. The molecule has 0 spiro atoms. The van der Waals surface area contributed by atoms with E-state index in [2.05, 4.69) is 15.2 Å². The van der Waals surface area contributed by atoms with Gasteiger partial charge in [-0.2, -0.15) is 5.10 Å². The molecule has 3 N–H and O–H groups in total. The zero-order chi connectivity index (χ0) is 15.7. The Bertz CT molecular complexity index is 871. The van der Waals surface area contributed by atoms with Crippen LogP contribution in [0.3, 0.4) is 0 Å². The third-order valence-electron chi connectivity index (χ3n) is 3.57. The van der Waals surface area contributed by atoms with E-state index in [-0.39, 0.29) is 17.9 Å². The SMILES string of the molecule is O=c1[nH]cc(CCO)c2cc(-c3cn[nH]c3C(F)F)ccc12. The van der Waals surface area contributed by atoms with Crippen LogP contribution < -0.4 is 5.56 Å². The largest absolute Gasteiger partial charge is 0.396 e. The summed E-state index contributed by atoms with van der Waals surface area (Å²) in [5.74, 6) is 0. The maximum absolute atomic E-state index is 13.0. The second-order valence-electron chi connectivity index (χ2n) is 4.88. The third-order valence-corrected chi connectivity index (χ3v) is 3.57. The Kier molecular flexibility index (Phi) is 3.72. The van der Waals surface area contributed by atoms with Gasteiger partial charge in [0.1, 0.15) is 5.69 Å². The molecule has 0 aliphatic carbocycles. The number of pyridine rings is 1. The van der Waals surface area contributed by atoms with E-state index in [0.29, 0.717) is 28.3 Å². The van der Waals surface area contributed by atoms with Gasteiger partial charge in [0.05, 0.1) is 6.20 Å². The van der Waals surface area contributed by atoms with Gasteiger partial charge in [0.25, 0.3) is 12.0 Å². The van der Waals surface area contributed by atoms with Crippen molar-refractivity contribution in [2.45, 2.75) is 12.8 Å². The smallest absolute Gasteiger partial charge is 0.280 e. The Morgan fingerprint density at radius 1 is 1.27 bits per heavy atom. The number of nitrogens with one attached hydrogen (secondary N) is 2. The van der Waals surface area contributed by atoms with Crippen LogP contribution in [-0.4, -0.2) is 26.9 Å². The molecule has 0 atom stereocenters. The van der Waals surface area contributed by atoms with Crippen molar-refractivity contribution >= 4 is 10.8 Å². The summed E-state index contributed by atoms with van der Waals surface area (Å²) in [6.45, 7) is -0.0701. The summed E-state index contributed by atoms with van der Waals surface area (Å²) < 4.78 is 25.9. The summed E-state index contributed by atoms with van der Waals surface area (Å²) in [7, 11) is 0. The van der Waals surface area contributed by atoms with E-state index in [9.17, 15) is 13.6 Å². The van der Waals surface area contributed by atoms with Crippen LogP contribution in [0.25, 0.3) is 21.9 Å². The minimum Gasteiger partial charge on any atom is -0.396 e. The van der Waals surface area contributed by atoms with Gasteiger partial charge >= 0.3 is 0 Å².